The number of aromatic nitrogens is 1. The van der Waals surface area contributed by atoms with Crippen molar-refractivity contribution in [3.8, 4) is 0 Å². The maximum absolute atomic E-state index is 11.9. The van der Waals surface area contributed by atoms with E-state index in [1.165, 1.54) is 15.6 Å². The van der Waals surface area contributed by atoms with Gasteiger partial charge in [-0.1, -0.05) is 6.92 Å². The highest BCUT2D eigenvalue weighted by Crippen LogP contribution is 2.06. The smallest absolute Gasteiger partial charge is 0.279 e. The summed E-state index contributed by atoms with van der Waals surface area (Å²) < 4.78 is 27.8. The maximum Gasteiger partial charge on any atom is 0.279 e. The Balaban J connectivity index is 2.27. The number of rotatable bonds is 10. The predicted octanol–water partition coefficient (Wildman–Crippen LogP) is 0.799. The Labute approximate surface area is 119 Å². The first-order valence-corrected chi connectivity index (χ1v) is 8.67. The minimum Gasteiger partial charge on any atom is -0.317 e. The van der Waals surface area contributed by atoms with E-state index in [0.717, 1.165) is 30.8 Å². The molecule has 0 aliphatic heterocycles. The summed E-state index contributed by atoms with van der Waals surface area (Å²) in [6.45, 7) is 4.72. The monoisotopic (exact) mass is 306 g/mol. The lowest BCUT2D eigenvalue weighted by molar-refractivity contribution is 0.444. The Morgan fingerprint density at radius 3 is 2.84 bits per heavy atom. The van der Waals surface area contributed by atoms with Crippen LogP contribution in [0, 0.1) is 0 Å². The Kier molecular flexibility index (Phi) is 7.47. The molecular formula is C11H22N4O2S2. The highest BCUT2D eigenvalue weighted by atomic mass is 32.2. The Morgan fingerprint density at radius 2 is 2.21 bits per heavy atom. The Morgan fingerprint density at radius 1 is 1.42 bits per heavy atom. The van der Waals surface area contributed by atoms with Crippen molar-refractivity contribution in [1.82, 2.24) is 19.3 Å². The van der Waals surface area contributed by atoms with Crippen LogP contribution in [0.15, 0.2) is 11.7 Å². The second-order valence-electron chi connectivity index (χ2n) is 4.22. The molecule has 0 amide bonds. The van der Waals surface area contributed by atoms with Crippen molar-refractivity contribution in [3.05, 3.63) is 16.6 Å². The van der Waals surface area contributed by atoms with Gasteiger partial charge in [-0.05, 0) is 25.9 Å². The van der Waals surface area contributed by atoms with E-state index >= 15 is 0 Å². The standard InChI is InChI=1S/C11H22N4O2S2/c1-3-5-12-6-4-7-15(2)19(16,17)14-9-11-8-13-10-18-11/h8,10,12,14H,3-7,9H2,1-2H3. The van der Waals surface area contributed by atoms with Gasteiger partial charge in [-0.3, -0.25) is 4.98 Å². The van der Waals surface area contributed by atoms with E-state index in [4.69, 9.17) is 0 Å². The highest BCUT2D eigenvalue weighted by molar-refractivity contribution is 7.87. The highest BCUT2D eigenvalue weighted by Gasteiger charge is 2.16. The summed E-state index contributed by atoms with van der Waals surface area (Å²) in [6, 6.07) is 0. The van der Waals surface area contributed by atoms with Gasteiger partial charge in [-0.2, -0.15) is 17.4 Å². The van der Waals surface area contributed by atoms with Crippen molar-refractivity contribution < 1.29 is 8.42 Å². The molecule has 0 bridgehead atoms. The summed E-state index contributed by atoms with van der Waals surface area (Å²) in [5.41, 5.74) is 1.69. The molecule has 0 spiro atoms. The van der Waals surface area contributed by atoms with Crippen LogP contribution in [0.1, 0.15) is 24.6 Å². The molecule has 0 atom stereocenters. The first-order chi connectivity index (χ1) is 9.06. The van der Waals surface area contributed by atoms with Gasteiger partial charge < -0.3 is 5.32 Å². The molecule has 2 N–H and O–H groups in total. The van der Waals surface area contributed by atoms with Crippen LogP contribution in [0.3, 0.4) is 0 Å². The summed E-state index contributed by atoms with van der Waals surface area (Å²) in [5.74, 6) is 0. The van der Waals surface area contributed by atoms with Crippen LogP contribution in [0.4, 0.5) is 0 Å². The zero-order chi connectivity index (χ0) is 14.1. The number of nitrogens with one attached hydrogen (secondary N) is 2. The Hall–Kier alpha value is -0.540. The normalized spacial score (nSPS) is 12.2. The van der Waals surface area contributed by atoms with Gasteiger partial charge in [0.25, 0.3) is 10.2 Å². The second kappa shape index (κ2) is 8.60. The average molecular weight is 306 g/mol. The summed E-state index contributed by atoms with van der Waals surface area (Å²) >= 11 is 1.44. The lowest BCUT2D eigenvalue weighted by atomic mass is 10.4. The zero-order valence-corrected chi connectivity index (χ0v) is 13.1. The Bertz CT molecular complexity index is 434. The summed E-state index contributed by atoms with van der Waals surface area (Å²) in [4.78, 5) is 4.81. The number of nitrogens with zero attached hydrogens (tertiary/aromatic N) is 2. The van der Waals surface area contributed by atoms with E-state index in [1.807, 2.05) is 0 Å². The third-order valence-electron chi connectivity index (χ3n) is 2.58. The molecule has 0 unspecified atom stereocenters. The van der Waals surface area contributed by atoms with Crippen LogP contribution in [-0.2, 0) is 16.8 Å². The van der Waals surface area contributed by atoms with E-state index in [1.54, 1.807) is 18.8 Å². The quantitative estimate of drug-likeness (QED) is 0.627. The second-order valence-corrected chi connectivity index (χ2v) is 7.05. The van der Waals surface area contributed by atoms with Gasteiger partial charge in [0.2, 0.25) is 0 Å². The summed E-state index contributed by atoms with van der Waals surface area (Å²) in [7, 11) is -1.80. The van der Waals surface area contributed by atoms with E-state index in [2.05, 4.69) is 21.9 Å². The zero-order valence-electron chi connectivity index (χ0n) is 11.4. The molecule has 1 rings (SSSR count). The van der Waals surface area contributed by atoms with Crippen LogP contribution >= 0.6 is 11.3 Å². The van der Waals surface area contributed by atoms with Crippen molar-refractivity contribution in [2.45, 2.75) is 26.3 Å². The fraction of sp³-hybridized carbons (Fsp3) is 0.727. The van der Waals surface area contributed by atoms with Gasteiger partial charge in [0.15, 0.2) is 0 Å². The van der Waals surface area contributed by atoms with E-state index < -0.39 is 10.2 Å². The molecule has 6 nitrogen and oxygen atoms in total. The van der Waals surface area contributed by atoms with Crippen LogP contribution in [0.5, 0.6) is 0 Å². The molecular weight excluding hydrogens is 284 g/mol. The van der Waals surface area contributed by atoms with Crippen molar-refractivity contribution in [2.24, 2.45) is 0 Å². The molecule has 0 fully saturated rings. The predicted molar refractivity (Wildman–Crippen MR) is 78.3 cm³/mol. The van der Waals surface area contributed by atoms with Crippen molar-refractivity contribution in [1.29, 1.82) is 0 Å². The number of hydrogen-bond donors (Lipinski definition) is 2. The molecule has 0 aliphatic rings. The molecule has 8 heteroatoms. The first kappa shape index (κ1) is 16.5. The van der Waals surface area contributed by atoms with E-state index in [-0.39, 0.29) is 0 Å². The van der Waals surface area contributed by atoms with Crippen LogP contribution < -0.4 is 10.0 Å². The molecule has 19 heavy (non-hydrogen) atoms. The lowest BCUT2D eigenvalue weighted by Gasteiger charge is -2.17. The molecule has 0 aliphatic carbocycles. The maximum atomic E-state index is 11.9. The largest absolute Gasteiger partial charge is 0.317 e. The summed E-state index contributed by atoms with van der Waals surface area (Å²) in [6.07, 6.45) is 3.56. The van der Waals surface area contributed by atoms with Gasteiger partial charge in [0.1, 0.15) is 0 Å². The molecule has 110 valence electrons. The van der Waals surface area contributed by atoms with Gasteiger partial charge in [-0.15, -0.1) is 11.3 Å². The van der Waals surface area contributed by atoms with Crippen LogP contribution in [-0.4, -0.2) is 44.4 Å². The van der Waals surface area contributed by atoms with Gasteiger partial charge in [0, 0.05) is 31.2 Å². The van der Waals surface area contributed by atoms with Gasteiger partial charge >= 0.3 is 0 Å². The fourth-order valence-electron chi connectivity index (χ4n) is 1.45. The number of thiazole rings is 1. The SMILES string of the molecule is CCCNCCCN(C)S(=O)(=O)NCc1cncs1. The molecule has 0 aromatic carbocycles. The van der Waals surface area contributed by atoms with Crippen LogP contribution in [0.2, 0.25) is 0 Å². The number of hydrogen-bond acceptors (Lipinski definition) is 5. The lowest BCUT2D eigenvalue weighted by Crippen LogP contribution is -2.38. The molecule has 0 saturated heterocycles. The third kappa shape index (κ3) is 6.44. The van der Waals surface area contributed by atoms with E-state index in [0.29, 0.717) is 13.1 Å². The molecule has 1 aromatic rings. The van der Waals surface area contributed by atoms with Crippen molar-refractivity contribution in [3.63, 3.8) is 0 Å². The van der Waals surface area contributed by atoms with Gasteiger partial charge in [-0.25, -0.2) is 0 Å². The minimum absolute atomic E-state index is 0.297. The fourth-order valence-corrected chi connectivity index (χ4v) is 3.00. The molecule has 0 saturated carbocycles. The van der Waals surface area contributed by atoms with Gasteiger partial charge in [0.05, 0.1) is 5.51 Å². The third-order valence-corrected chi connectivity index (χ3v) is 4.87. The molecule has 0 radical (unpaired) electrons. The van der Waals surface area contributed by atoms with Crippen molar-refractivity contribution >= 4 is 21.5 Å². The molecule has 1 aromatic heterocycles. The molecule has 1 heterocycles. The van der Waals surface area contributed by atoms with Crippen molar-refractivity contribution in [2.75, 3.05) is 26.7 Å². The average Bonchev–Trinajstić information content (AvgIpc) is 2.89. The van der Waals surface area contributed by atoms with E-state index in [9.17, 15) is 8.42 Å². The summed E-state index contributed by atoms with van der Waals surface area (Å²) in [5, 5.41) is 3.25. The minimum atomic E-state index is -3.39. The first-order valence-electron chi connectivity index (χ1n) is 6.35. The van der Waals surface area contributed by atoms with Crippen LogP contribution in [0.25, 0.3) is 0 Å². The topological polar surface area (TPSA) is 74.3 Å².